The number of hydrogen-bond acceptors (Lipinski definition) is 5. The highest BCUT2D eigenvalue weighted by Gasteiger charge is 2.21. The Morgan fingerprint density at radius 3 is 1.35 bits per heavy atom. The molecule has 0 fully saturated rings. The second-order valence-electron chi connectivity index (χ2n) is 8.66. The number of rotatable bonds is 20. The second kappa shape index (κ2) is 18.3. The molecule has 0 aliphatic carbocycles. The molecular weight excluding hydrogens is 427 g/mol. The van der Waals surface area contributed by atoms with E-state index in [9.17, 15) is 0 Å². The monoisotopic (exact) mass is 470 g/mol. The molecule has 0 radical (unpaired) electrons. The molecule has 2 rings (SSSR count). The molecule has 34 heavy (non-hydrogen) atoms. The molecule has 0 spiro atoms. The van der Waals surface area contributed by atoms with E-state index in [4.69, 9.17) is 23.4 Å². The third-order valence-electron chi connectivity index (χ3n) is 5.84. The Hall–Kier alpha value is -2.02. The van der Waals surface area contributed by atoms with Crippen molar-refractivity contribution in [2.45, 2.75) is 84.3 Å². The molecule has 0 heterocycles. The maximum atomic E-state index is 5.95. The Morgan fingerprint density at radius 1 is 0.529 bits per heavy atom. The van der Waals surface area contributed by atoms with Crippen molar-refractivity contribution < 1.29 is 23.4 Å². The summed E-state index contributed by atoms with van der Waals surface area (Å²) in [5.41, 5.74) is 2.09. The summed E-state index contributed by atoms with van der Waals surface area (Å²) in [6.07, 6.45) is 13.0. The summed E-state index contributed by atoms with van der Waals surface area (Å²) in [4.78, 5) is 0. The number of benzene rings is 2. The van der Waals surface area contributed by atoms with Crippen molar-refractivity contribution in [3.63, 3.8) is 0 Å². The van der Waals surface area contributed by atoms with Crippen LogP contribution in [0.5, 0.6) is 11.5 Å². The molecule has 0 amide bonds. The minimum absolute atomic E-state index is 0.412. The highest BCUT2D eigenvalue weighted by atomic mass is 16.7. The van der Waals surface area contributed by atoms with Gasteiger partial charge in [0, 0.05) is 6.61 Å². The zero-order valence-corrected chi connectivity index (χ0v) is 21.4. The van der Waals surface area contributed by atoms with E-state index < -0.39 is 7.32 Å². The lowest BCUT2D eigenvalue weighted by Crippen LogP contribution is -2.27. The molecule has 0 aliphatic heterocycles. The van der Waals surface area contributed by atoms with Crippen LogP contribution in [0.3, 0.4) is 0 Å². The molecular formula is C28H43BO5. The van der Waals surface area contributed by atoms with Crippen LogP contribution < -0.4 is 9.47 Å². The van der Waals surface area contributed by atoms with E-state index in [0.29, 0.717) is 19.8 Å². The van der Waals surface area contributed by atoms with E-state index >= 15 is 0 Å². The normalized spacial score (nSPS) is 10.9. The lowest BCUT2D eigenvalue weighted by molar-refractivity contribution is 0.0806. The zero-order chi connectivity index (χ0) is 24.3. The van der Waals surface area contributed by atoms with E-state index in [0.717, 1.165) is 29.0 Å². The van der Waals surface area contributed by atoms with Gasteiger partial charge >= 0.3 is 7.32 Å². The van der Waals surface area contributed by atoms with Crippen LogP contribution in [0, 0.1) is 0 Å². The molecule has 0 saturated heterocycles. The number of ether oxygens (including phenoxy) is 2. The Bertz CT molecular complexity index is 684. The number of unbranched alkanes of at least 4 members (excludes halogenated alkanes) is 9. The third kappa shape index (κ3) is 12.4. The molecule has 0 bridgehead atoms. The first-order valence-electron chi connectivity index (χ1n) is 12.9. The van der Waals surface area contributed by atoms with Crippen LogP contribution in [0.1, 0.15) is 82.3 Å². The largest absolute Gasteiger partial charge is 0.639 e. The van der Waals surface area contributed by atoms with Gasteiger partial charge in [0.15, 0.2) is 0 Å². The molecule has 0 aromatic heterocycles. The van der Waals surface area contributed by atoms with Gasteiger partial charge in [-0.25, -0.2) is 0 Å². The van der Waals surface area contributed by atoms with Crippen molar-refractivity contribution >= 4 is 7.32 Å². The summed E-state index contributed by atoms with van der Waals surface area (Å²) in [5, 5.41) is 0. The predicted molar refractivity (Wildman–Crippen MR) is 139 cm³/mol. The zero-order valence-electron chi connectivity index (χ0n) is 21.4. The number of hydrogen-bond donors (Lipinski definition) is 0. The van der Waals surface area contributed by atoms with Crippen LogP contribution in [0.25, 0.3) is 0 Å². The fourth-order valence-electron chi connectivity index (χ4n) is 3.69. The Labute approximate surface area is 207 Å². The molecule has 0 saturated carbocycles. The van der Waals surface area contributed by atoms with Crippen molar-refractivity contribution in [2.24, 2.45) is 0 Å². The fourth-order valence-corrected chi connectivity index (χ4v) is 3.69. The molecule has 2 aromatic rings. The van der Waals surface area contributed by atoms with Crippen LogP contribution >= 0.6 is 0 Å². The van der Waals surface area contributed by atoms with Gasteiger partial charge in [-0.05, 0) is 41.8 Å². The van der Waals surface area contributed by atoms with Crippen molar-refractivity contribution in [3.8, 4) is 11.5 Å². The molecule has 0 N–H and O–H groups in total. The third-order valence-corrected chi connectivity index (χ3v) is 5.84. The molecule has 188 valence electrons. The van der Waals surface area contributed by atoms with Gasteiger partial charge in [-0.3, -0.25) is 0 Å². The van der Waals surface area contributed by atoms with Gasteiger partial charge in [-0.15, -0.1) is 0 Å². The minimum atomic E-state index is -0.706. The Balaban J connectivity index is 1.70. The Morgan fingerprint density at radius 2 is 0.941 bits per heavy atom. The van der Waals surface area contributed by atoms with Crippen molar-refractivity contribution in [1.82, 2.24) is 0 Å². The van der Waals surface area contributed by atoms with Crippen LogP contribution in [0.4, 0.5) is 0 Å². The topological polar surface area (TPSA) is 46.2 Å². The van der Waals surface area contributed by atoms with Gasteiger partial charge in [0.05, 0.1) is 27.4 Å². The van der Waals surface area contributed by atoms with Crippen LogP contribution in [-0.4, -0.2) is 28.1 Å². The van der Waals surface area contributed by atoms with Gasteiger partial charge in [0.2, 0.25) is 0 Å². The van der Waals surface area contributed by atoms with E-state index in [-0.39, 0.29) is 0 Å². The maximum absolute atomic E-state index is 5.95. The van der Waals surface area contributed by atoms with Gasteiger partial charge < -0.3 is 23.4 Å². The predicted octanol–water partition coefficient (Wildman–Crippen LogP) is 7.36. The van der Waals surface area contributed by atoms with Crippen molar-refractivity contribution in [2.75, 3.05) is 20.8 Å². The molecule has 0 atom stereocenters. The molecule has 5 nitrogen and oxygen atoms in total. The van der Waals surface area contributed by atoms with E-state index in [2.05, 4.69) is 6.92 Å². The molecule has 2 aromatic carbocycles. The average Bonchev–Trinajstić information content (AvgIpc) is 2.89. The SMILES string of the molecule is CCCCCCCCCCCCOB(OCc1ccc(OC)cc1)OCc1ccc(OC)cc1. The van der Waals surface area contributed by atoms with Gasteiger partial charge in [0.1, 0.15) is 11.5 Å². The lowest BCUT2D eigenvalue weighted by Gasteiger charge is -2.15. The van der Waals surface area contributed by atoms with Crippen molar-refractivity contribution in [1.29, 1.82) is 0 Å². The first-order chi connectivity index (χ1) is 16.7. The highest BCUT2D eigenvalue weighted by Crippen LogP contribution is 2.15. The van der Waals surface area contributed by atoms with Gasteiger partial charge in [-0.1, -0.05) is 89.0 Å². The average molecular weight is 470 g/mol. The first-order valence-corrected chi connectivity index (χ1v) is 12.9. The summed E-state index contributed by atoms with van der Waals surface area (Å²) in [5.74, 6) is 1.65. The summed E-state index contributed by atoms with van der Waals surface area (Å²) in [6, 6.07) is 15.7. The van der Waals surface area contributed by atoms with E-state index in [1.165, 1.54) is 57.8 Å². The van der Waals surface area contributed by atoms with Crippen LogP contribution in [0.15, 0.2) is 48.5 Å². The van der Waals surface area contributed by atoms with Gasteiger partial charge in [-0.2, -0.15) is 0 Å². The molecule has 0 aliphatic rings. The van der Waals surface area contributed by atoms with Crippen LogP contribution in [-0.2, 0) is 27.2 Å². The minimum Gasteiger partial charge on any atom is -0.497 e. The van der Waals surface area contributed by atoms with E-state index in [1.54, 1.807) is 14.2 Å². The second-order valence-corrected chi connectivity index (χ2v) is 8.66. The quantitative estimate of drug-likeness (QED) is 0.149. The van der Waals surface area contributed by atoms with Crippen molar-refractivity contribution in [3.05, 3.63) is 59.7 Å². The first kappa shape index (κ1) is 28.2. The van der Waals surface area contributed by atoms with Crippen LogP contribution in [0.2, 0.25) is 0 Å². The lowest BCUT2D eigenvalue weighted by atomic mass is 10.1. The standard InChI is InChI=1S/C28H43BO5/c1-4-5-6-7-8-9-10-11-12-13-22-32-29(33-23-25-14-18-27(30-2)19-15-25)34-24-26-16-20-28(31-3)21-17-26/h14-21H,4-13,22-24H2,1-3H3. The summed E-state index contributed by atoms with van der Waals surface area (Å²) >= 11 is 0. The summed E-state index contributed by atoms with van der Waals surface area (Å²) in [7, 11) is 2.62. The maximum Gasteiger partial charge on any atom is 0.639 e. The van der Waals surface area contributed by atoms with Gasteiger partial charge in [0.25, 0.3) is 0 Å². The van der Waals surface area contributed by atoms with E-state index in [1.807, 2.05) is 48.5 Å². The molecule has 6 heteroatoms. The Kier molecular flexibility index (Phi) is 15.2. The summed E-state index contributed by atoms with van der Waals surface area (Å²) in [6.45, 7) is 3.72. The summed E-state index contributed by atoms with van der Waals surface area (Å²) < 4.78 is 28.3. The fraction of sp³-hybridized carbons (Fsp3) is 0.571. The molecule has 0 unspecified atom stereocenters. The smallest absolute Gasteiger partial charge is 0.497 e. The number of methoxy groups -OCH3 is 2. The highest BCUT2D eigenvalue weighted by molar-refractivity contribution is 6.36.